The number of pyridine rings is 1. The van der Waals surface area contributed by atoms with Crippen molar-refractivity contribution in [3.05, 3.63) is 29.4 Å². The third-order valence-electron chi connectivity index (χ3n) is 14.9. The molecule has 5 N–H and O–H groups in total. The van der Waals surface area contributed by atoms with Gasteiger partial charge in [-0.05, 0) is 122 Å². The maximum atomic E-state index is 17.1. The molecular weight excluding hydrogens is 934 g/mol. The molecule has 2 aromatic heterocycles. The van der Waals surface area contributed by atoms with Crippen LogP contribution in [0.1, 0.15) is 140 Å². The lowest BCUT2D eigenvalue weighted by Gasteiger charge is -2.48. The number of hydrogen-bond acceptors (Lipinski definition) is 16. The lowest BCUT2D eigenvalue weighted by molar-refractivity contribution is -0.287. The van der Waals surface area contributed by atoms with Gasteiger partial charge >= 0.3 is 5.97 Å². The number of hydrogen-bond donors (Lipinski definition) is 4. The molecule has 2 bridgehead atoms. The number of aliphatic imine (C=N–C) groups is 1. The number of anilines is 1. The van der Waals surface area contributed by atoms with E-state index < -0.39 is 82.8 Å². The summed E-state index contributed by atoms with van der Waals surface area (Å²) in [4.78, 5) is 76.4. The highest BCUT2D eigenvalue weighted by atomic mass is 32.1. The number of carbonyl (C=O) groups excluding carboxylic acids is 4. The number of nitrogens with two attached hydrogens (primary N) is 1. The predicted octanol–water partition coefficient (Wildman–Crippen LogP) is 7.46. The molecule has 19 heteroatoms. The number of carbonyl (C=O) groups is 4. The maximum Gasteiger partial charge on any atom is 0.351 e. The first-order valence-electron chi connectivity index (χ1n) is 25.3. The van der Waals surface area contributed by atoms with Gasteiger partial charge in [0.05, 0.1) is 29.7 Å². The van der Waals surface area contributed by atoms with Crippen LogP contribution in [0.5, 0.6) is 0 Å². The molecule has 2 aliphatic heterocycles. The second-order valence-corrected chi connectivity index (χ2v) is 22.4. The Balaban J connectivity index is 1.57. The summed E-state index contributed by atoms with van der Waals surface area (Å²) in [5.41, 5.74) is 2.49. The van der Waals surface area contributed by atoms with Gasteiger partial charge in [-0.15, -0.1) is 11.3 Å². The van der Waals surface area contributed by atoms with Crippen molar-refractivity contribution in [3.63, 3.8) is 0 Å². The van der Waals surface area contributed by atoms with Crippen LogP contribution in [-0.4, -0.2) is 128 Å². The van der Waals surface area contributed by atoms with E-state index in [0.29, 0.717) is 60.0 Å². The van der Waals surface area contributed by atoms with Crippen LogP contribution in [0.3, 0.4) is 0 Å². The number of thiazole rings is 1. The Morgan fingerprint density at radius 1 is 1.10 bits per heavy atom. The number of ketones is 1. The van der Waals surface area contributed by atoms with Crippen LogP contribution < -0.4 is 11.1 Å². The number of halogens is 1. The Kier molecular flexibility index (Phi) is 19.8. The molecule has 1 aliphatic carbocycles. The number of nitrogens with zero attached hydrogens (tertiary/aromatic N) is 5. The Morgan fingerprint density at radius 2 is 1.80 bits per heavy atom. The summed E-state index contributed by atoms with van der Waals surface area (Å²) < 4.78 is 36.1. The van der Waals surface area contributed by atoms with E-state index in [1.165, 1.54) is 18.3 Å². The van der Waals surface area contributed by atoms with Gasteiger partial charge in [0, 0.05) is 47.2 Å². The van der Waals surface area contributed by atoms with Gasteiger partial charge in [-0.2, -0.15) is 0 Å². The number of esters is 1. The van der Waals surface area contributed by atoms with Gasteiger partial charge in [0.2, 0.25) is 11.8 Å². The van der Waals surface area contributed by atoms with Gasteiger partial charge in [-0.25, -0.2) is 19.2 Å². The largest absolute Gasteiger partial charge is 0.457 e. The molecule has 17 nitrogen and oxygen atoms in total. The maximum absolute atomic E-state index is 17.1. The van der Waals surface area contributed by atoms with Gasteiger partial charge in [-0.1, -0.05) is 60.5 Å². The van der Waals surface area contributed by atoms with Crippen LogP contribution in [-0.2, 0) is 44.8 Å². The number of aromatic nitrogens is 2. The number of nitrogens with one attached hydrogen (secondary N) is 1. The van der Waals surface area contributed by atoms with Gasteiger partial charge < -0.3 is 45.2 Å². The summed E-state index contributed by atoms with van der Waals surface area (Å²) in [6.45, 7) is 19.0. The van der Waals surface area contributed by atoms with Gasteiger partial charge in [-0.3, -0.25) is 19.4 Å². The Bertz CT molecular complexity index is 2220. The lowest BCUT2D eigenvalue weighted by atomic mass is 9.65. The molecular formula is C52H80FN7O10S. The highest BCUT2D eigenvalue weighted by Gasteiger charge is 2.56. The average Bonchev–Trinajstić information content (AvgIpc) is 3.77. The standard InChI is InChI=1S/C52H80FN7O10S/c1-14-39-52(11,66)36-19-18-34(59-67-26-35-17-16-33(25-55-35)47-57-40(27-71-47)56-46(64)37(54)22-28(3)4)20-21-50(9,24-29(5)42(31(36)7)58-41(61)15-2)45(32(8)44(63)51(10,53)49(65)69-39)70-48-43(62)38(60(12)13)23-30(6)68-48/h16-17,25,27-32,36-39,43,45,48,62,66H,14-15,18-24,26,54H2,1-13H3,(H,56,64)/b58-42+,59-34+/t29-,30-,31-,32+,36-,37+,38+,39-,43-,45-,48+,50-,51+,52+/m1/s1. The molecule has 71 heavy (non-hydrogen) atoms. The van der Waals surface area contributed by atoms with Crippen LogP contribution in [0.4, 0.5) is 10.2 Å². The van der Waals surface area contributed by atoms with Gasteiger partial charge in [0.1, 0.15) is 28.6 Å². The molecule has 0 unspecified atom stereocenters. The van der Waals surface area contributed by atoms with Crippen molar-refractivity contribution in [3.8, 4) is 10.6 Å². The van der Waals surface area contributed by atoms with Crippen molar-refractivity contribution in [2.24, 2.45) is 50.9 Å². The SMILES string of the molecule is CCC(=O)/N=C1\[C@H](C)C[C@@]2(C)CC/C(=N/OCc3ccc(-c4nc(NC(=O)[C@@H](N)CC(C)C)cs4)cn3)CC[C@H]([C@H]1C)[C@](C)(O)[C@@H](CC)OC(=O)[C@@](C)(F)C(=O)[C@H](C)[C@H]2O[C@@H]1O[C@H](C)C[C@H](N(C)C)[C@H]1O. The van der Waals surface area contributed by atoms with E-state index in [1.807, 2.05) is 66.6 Å². The number of ether oxygens (including phenoxy) is 3. The van der Waals surface area contributed by atoms with Crippen molar-refractivity contribution in [1.29, 1.82) is 0 Å². The summed E-state index contributed by atoms with van der Waals surface area (Å²) in [6, 6.07) is 2.64. The summed E-state index contributed by atoms with van der Waals surface area (Å²) in [6.07, 6.45) is -0.842. The molecule has 0 spiro atoms. The zero-order valence-corrected chi connectivity index (χ0v) is 44.9. The zero-order valence-electron chi connectivity index (χ0n) is 44.1. The van der Waals surface area contributed by atoms with E-state index in [4.69, 9.17) is 34.9 Å². The second kappa shape index (κ2) is 24.3. The number of amides is 2. The van der Waals surface area contributed by atoms with Gasteiger partial charge in [0.15, 0.2) is 18.7 Å². The van der Waals surface area contributed by atoms with E-state index in [0.717, 1.165) is 12.5 Å². The van der Waals surface area contributed by atoms with E-state index in [1.54, 1.807) is 38.4 Å². The normalized spacial score (nSPS) is 35.1. The number of fused-ring (bicyclic) bond motifs is 5. The second-order valence-electron chi connectivity index (χ2n) is 21.5. The molecule has 2 saturated heterocycles. The summed E-state index contributed by atoms with van der Waals surface area (Å²) in [5, 5.41) is 34.4. The van der Waals surface area contributed by atoms with E-state index in [9.17, 15) is 29.4 Å². The molecule has 0 radical (unpaired) electrons. The Labute approximate surface area is 423 Å². The molecule has 1 saturated carbocycles. The minimum atomic E-state index is -3.15. The third-order valence-corrected chi connectivity index (χ3v) is 15.8. The van der Waals surface area contributed by atoms with E-state index in [2.05, 4.69) is 15.3 Å². The Hall–Kier alpha value is -4.11. The average molecular weight is 1010 g/mol. The number of rotatable bonds is 13. The van der Waals surface area contributed by atoms with Gasteiger partial charge in [0.25, 0.3) is 5.67 Å². The molecule has 2 aromatic rings. The zero-order chi connectivity index (χ0) is 52.7. The predicted molar refractivity (Wildman–Crippen MR) is 271 cm³/mol. The minimum absolute atomic E-state index is 0.000822. The highest BCUT2D eigenvalue weighted by Crippen LogP contribution is 2.47. The van der Waals surface area contributed by atoms with Crippen molar-refractivity contribution < 1.29 is 52.8 Å². The molecule has 396 valence electrons. The molecule has 4 heterocycles. The smallest absolute Gasteiger partial charge is 0.351 e. The summed E-state index contributed by atoms with van der Waals surface area (Å²) >= 11 is 1.36. The summed E-state index contributed by atoms with van der Waals surface area (Å²) in [5.74, 6) is -5.55. The van der Waals surface area contributed by atoms with Crippen LogP contribution in [0, 0.1) is 35.0 Å². The summed E-state index contributed by atoms with van der Waals surface area (Å²) in [7, 11) is 3.69. The fourth-order valence-electron chi connectivity index (χ4n) is 10.8. The molecule has 3 fully saturated rings. The van der Waals surface area contributed by atoms with Crippen LogP contribution >= 0.6 is 11.3 Å². The van der Waals surface area contributed by atoms with Crippen LogP contribution in [0.25, 0.3) is 10.6 Å². The first-order chi connectivity index (χ1) is 33.2. The fraction of sp³-hybridized carbons (Fsp3) is 0.731. The first-order valence-corrected chi connectivity index (χ1v) is 26.2. The van der Waals surface area contributed by atoms with Crippen LogP contribution in [0.15, 0.2) is 33.9 Å². The highest BCUT2D eigenvalue weighted by molar-refractivity contribution is 7.13. The number of cyclic esters (lactones) is 1. The number of oxime groups is 1. The van der Waals surface area contributed by atoms with Crippen molar-refractivity contribution in [2.75, 3.05) is 19.4 Å². The minimum Gasteiger partial charge on any atom is -0.457 e. The van der Waals surface area contributed by atoms with Crippen molar-refractivity contribution >= 4 is 52.1 Å². The Morgan fingerprint density at radius 3 is 2.42 bits per heavy atom. The number of likely N-dealkylation sites (N-methyl/N-ethyl adjacent to an activating group) is 1. The molecule has 3 aliphatic rings. The molecule has 2 amide bonds. The molecule has 14 atom stereocenters. The molecule has 0 aromatic carbocycles. The number of aliphatic hydroxyl groups excluding tert-OH is 1. The lowest BCUT2D eigenvalue weighted by Crippen LogP contribution is -2.59. The fourth-order valence-corrected chi connectivity index (χ4v) is 11.6. The van der Waals surface area contributed by atoms with Crippen molar-refractivity contribution in [2.45, 2.75) is 195 Å². The van der Waals surface area contributed by atoms with E-state index in [-0.39, 0.29) is 62.2 Å². The van der Waals surface area contributed by atoms with E-state index >= 15 is 4.39 Å². The topological polar surface area (TPSA) is 237 Å². The monoisotopic (exact) mass is 1010 g/mol. The quantitative estimate of drug-likeness (QED) is 0.0866. The number of aliphatic hydroxyl groups is 2. The van der Waals surface area contributed by atoms with Crippen molar-refractivity contribution in [1.82, 2.24) is 14.9 Å². The van der Waals surface area contributed by atoms with Crippen LogP contribution in [0.2, 0.25) is 0 Å². The number of alkyl halides is 1. The first kappa shape index (κ1) is 57.8. The third kappa shape index (κ3) is 13.9. The number of Topliss-reactive ketones (excluding diaryl/α,β-unsaturated/α-hetero) is 1. The molecule has 5 rings (SSSR count).